The number of rotatable bonds is 9. The third-order valence-corrected chi connectivity index (χ3v) is 6.11. The van der Waals surface area contributed by atoms with Gasteiger partial charge < -0.3 is 32.0 Å². The molecule has 2 aliphatic heterocycles. The Bertz CT molecular complexity index is 474. The van der Waals surface area contributed by atoms with Gasteiger partial charge in [-0.2, -0.15) is 0 Å². The smallest absolute Gasteiger partial charge is 0.223 e. The van der Waals surface area contributed by atoms with E-state index in [1.54, 1.807) is 0 Å². The van der Waals surface area contributed by atoms with Crippen molar-refractivity contribution >= 4 is 11.8 Å². The topological polar surface area (TPSA) is 143 Å². The lowest BCUT2D eigenvalue weighted by Crippen LogP contribution is -2.48. The van der Waals surface area contributed by atoms with Crippen molar-refractivity contribution in [1.29, 1.82) is 0 Å². The van der Waals surface area contributed by atoms with E-state index in [0.717, 1.165) is 25.7 Å². The second-order valence-electron chi connectivity index (χ2n) is 7.92. The molecule has 0 spiro atoms. The van der Waals surface area contributed by atoms with Gasteiger partial charge in [0, 0.05) is 50.7 Å². The zero-order chi connectivity index (χ0) is 19.0. The van der Waals surface area contributed by atoms with E-state index in [1.807, 2.05) is 0 Å². The number of primary amides is 1. The molecule has 2 saturated heterocycles. The van der Waals surface area contributed by atoms with E-state index < -0.39 is 11.8 Å². The standard InChI is InChI=1S/C18H34N4O4/c19-11-17(1-5-25-6-2-17)10-14(9-15(21)23)16(24)22-13-18(12-20)3-7-26-8-4-18/h14H,1-13,19-20H2,(H2,21,23)(H,22,24). The summed E-state index contributed by atoms with van der Waals surface area (Å²) in [5, 5.41) is 3.03. The number of hydrogen-bond acceptors (Lipinski definition) is 6. The molecule has 2 fully saturated rings. The summed E-state index contributed by atoms with van der Waals surface area (Å²) in [5.41, 5.74) is 17.1. The Kier molecular flexibility index (Phi) is 7.82. The summed E-state index contributed by atoms with van der Waals surface area (Å²) in [4.78, 5) is 24.4. The Morgan fingerprint density at radius 3 is 1.88 bits per heavy atom. The van der Waals surface area contributed by atoms with Crippen LogP contribution in [0.5, 0.6) is 0 Å². The maximum absolute atomic E-state index is 12.8. The second kappa shape index (κ2) is 9.64. The van der Waals surface area contributed by atoms with Crippen LogP contribution < -0.4 is 22.5 Å². The molecule has 0 aliphatic carbocycles. The SMILES string of the molecule is NCC1(CNC(=O)C(CC(N)=O)CC2(CN)CCOCC2)CCOCC1. The van der Waals surface area contributed by atoms with Crippen LogP contribution in [0.2, 0.25) is 0 Å². The molecule has 150 valence electrons. The van der Waals surface area contributed by atoms with Crippen molar-refractivity contribution in [1.82, 2.24) is 5.32 Å². The molecule has 2 aliphatic rings. The van der Waals surface area contributed by atoms with E-state index in [4.69, 9.17) is 26.7 Å². The van der Waals surface area contributed by atoms with Crippen LogP contribution in [0.1, 0.15) is 38.5 Å². The van der Waals surface area contributed by atoms with Crippen molar-refractivity contribution in [2.75, 3.05) is 46.1 Å². The fourth-order valence-electron chi connectivity index (χ4n) is 4.00. The van der Waals surface area contributed by atoms with Gasteiger partial charge >= 0.3 is 0 Å². The Balaban J connectivity index is 2.00. The molecular weight excluding hydrogens is 336 g/mol. The Hall–Kier alpha value is -1.22. The molecule has 8 heteroatoms. The third-order valence-electron chi connectivity index (χ3n) is 6.11. The fourth-order valence-corrected chi connectivity index (χ4v) is 4.00. The van der Waals surface area contributed by atoms with Crippen molar-refractivity contribution in [3.63, 3.8) is 0 Å². The van der Waals surface area contributed by atoms with Gasteiger partial charge in [0.05, 0.1) is 0 Å². The van der Waals surface area contributed by atoms with Crippen LogP contribution >= 0.6 is 0 Å². The summed E-state index contributed by atoms with van der Waals surface area (Å²) < 4.78 is 10.8. The average molecular weight is 370 g/mol. The van der Waals surface area contributed by atoms with Gasteiger partial charge in [-0.3, -0.25) is 9.59 Å². The molecule has 0 radical (unpaired) electrons. The van der Waals surface area contributed by atoms with Crippen molar-refractivity contribution < 1.29 is 19.1 Å². The molecule has 2 amide bonds. The highest BCUT2D eigenvalue weighted by Gasteiger charge is 2.38. The van der Waals surface area contributed by atoms with E-state index in [0.29, 0.717) is 52.5 Å². The van der Waals surface area contributed by atoms with Crippen LogP contribution in [0, 0.1) is 16.7 Å². The highest BCUT2D eigenvalue weighted by atomic mass is 16.5. The molecule has 2 rings (SSSR count). The normalized spacial score (nSPS) is 23.2. The average Bonchev–Trinajstić information content (AvgIpc) is 2.66. The number of nitrogens with two attached hydrogens (primary N) is 3. The van der Waals surface area contributed by atoms with Crippen molar-refractivity contribution in [3.8, 4) is 0 Å². The number of hydrogen-bond donors (Lipinski definition) is 4. The zero-order valence-corrected chi connectivity index (χ0v) is 15.6. The Labute approximate surface area is 155 Å². The van der Waals surface area contributed by atoms with Crippen LogP contribution in [0.25, 0.3) is 0 Å². The molecule has 0 aromatic carbocycles. The quantitative estimate of drug-likeness (QED) is 0.431. The first-order valence-corrected chi connectivity index (χ1v) is 9.56. The van der Waals surface area contributed by atoms with E-state index >= 15 is 0 Å². The minimum absolute atomic E-state index is 0.0349. The lowest BCUT2D eigenvalue weighted by atomic mass is 9.72. The summed E-state index contributed by atoms with van der Waals surface area (Å²) in [7, 11) is 0. The van der Waals surface area contributed by atoms with Gasteiger partial charge in [0.2, 0.25) is 11.8 Å². The van der Waals surface area contributed by atoms with Crippen molar-refractivity contribution in [2.45, 2.75) is 38.5 Å². The van der Waals surface area contributed by atoms with Crippen LogP contribution in [0.4, 0.5) is 0 Å². The highest BCUT2D eigenvalue weighted by molar-refractivity contribution is 5.85. The number of carbonyl (C=O) groups excluding carboxylic acids is 2. The minimum Gasteiger partial charge on any atom is -0.381 e. The van der Waals surface area contributed by atoms with Crippen LogP contribution in [0.3, 0.4) is 0 Å². The molecular formula is C18H34N4O4. The van der Waals surface area contributed by atoms with Gasteiger partial charge in [0.25, 0.3) is 0 Å². The molecule has 2 heterocycles. The van der Waals surface area contributed by atoms with Gasteiger partial charge in [0.1, 0.15) is 0 Å². The third kappa shape index (κ3) is 5.64. The Morgan fingerprint density at radius 2 is 1.42 bits per heavy atom. The summed E-state index contributed by atoms with van der Waals surface area (Å²) >= 11 is 0. The Morgan fingerprint density at radius 1 is 0.923 bits per heavy atom. The number of amides is 2. The largest absolute Gasteiger partial charge is 0.381 e. The molecule has 0 aromatic rings. The molecule has 0 aromatic heterocycles. The first kappa shape index (κ1) is 21.1. The molecule has 0 saturated carbocycles. The van der Waals surface area contributed by atoms with Gasteiger partial charge in [-0.15, -0.1) is 0 Å². The second-order valence-corrected chi connectivity index (χ2v) is 7.92. The summed E-state index contributed by atoms with van der Waals surface area (Å²) in [6, 6.07) is 0. The van der Waals surface area contributed by atoms with Crippen LogP contribution in [0.15, 0.2) is 0 Å². The first-order chi connectivity index (χ1) is 12.4. The fraction of sp³-hybridized carbons (Fsp3) is 0.889. The lowest BCUT2D eigenvalue weighted by Gasteiger charge is -2.39. The van der Waals surface area contributed by atoms with E-state index in [2.05, 4.69) is 5.32 Å². The van der Waals surface area contributed by atoms with Crippen LogP contribution in [-0.2, 0) is 19.1 Å². The predicted octanol–water partition coefficient (Wildman–Crippen LogP) is -0.505. The molecule has 26 heavy (non-hydrogen) atoms. The summed E-state index contributed by atoms with van der Waals surface area (Å²) in [6.07, 6.45) is 3.85. The maximum Gasteiger partial charge on any atom is 0.223 e. The summed E-state index contributed by atoms with van der Waals surface area (Å²) in [6.45, 7) is 4.07. The van der Waals surface area contributed by atoms with Gasteiger partial charge in [-0.1, -0.05) is 0 Å². The van der Waals surface area contributed by atoms with Crippen LogP contribution in [-0.4, -0.2) is 57.9 Å². The van der Waals surface area contributed by atoms with E-state index in [1.165, 1.54) is 0 Å². The van der Waals surface area contributed by atoms with Gasteiger partial charge in [-0.25, -0.2) is 0 Å². The van der Waals surface area contributed by atoms with E-state index in [9.17, 15) is 9.59 Å². The monoisotopic (exact) mass is 370 g/mol. The van der Waals surface area contributed by atoms with Gasteiger partial charge in [0.15, 0.2) is 0 Å². The lowest BCUT2D eigenvalue weighted by molar-refractivity contribution is -0.131. The van der Waals surface area contributed by atoms with E-state index in [-0.39, 0.29) is 23.2 Å². The maximum atomic E-state index is 12.8. The van der Waals surface area contributed by atoms with Gasteiger partial charge in [-0.05, 0) is 50.6 Å². The number of ether oxygens (including phenoxy) is 2. The molecule has 8 nitrogen and oxygen atoms in total. The van der Waals surface area contributed by atoms with Crippen molar-refractivity contribution in [3.05, 3.63) is 0 Å². The highest BCUT2D eigenvalue weighted by Crippen LogP contribution is 2.37. The molecule has 7 N–H and O–H groups in total. The first-order valence-electron chi connectivity index (χ1n) is 9.56. The predicted molar refractivity (Wildman–Crippen MR) is 98.0 cm³/mol. The van der Waals surface area contributed by atoms with Crippen molar-refractivity contribution in [2.24, 2.45) is 33.9 Å². The molecule has 1 atom stereocenters. The zero-order valence-electron chi connectivity index (χ0n) is 15.6. The number of nitrogens with one attached hydrogen (secondary N) is 1. The number of carbonyl (C=O) groups is 2. The molecule has 0 bridgehead atoms. The summed E-state index contributed by atoms with van der Waals surface area (Å²) in [5.74, 6) is -1.07. The molecule has 1 unspecified atom stereocenters. The minimum atomic E-state index is -0.469.